The molecule has 13 heteroatoms. The normalized spacial score (nSPS) is 50.0. The highest BCUT2D eigenvalue weighted by Crippen LogP contribution is 2.91. The molecular formula is C74H96N2O11. The highest BCUT2D eigenvalue weighted by molar-refractivity contribution is 5.94. The van der Waals surface area contributed by atoms with E-state index in [9.17, 15) is 15.3 Å². The van der Waals surface area contributed by atoms with Crippen LogP contribution in [0, 0.1) is 110 Å². The van der Waals surface area contributed by atoms with Crippen LogP contribution in [0.3, 0.4) is 0 Å². The van der Waals surface area contributed by atoms with E-state index < -0.39 is 86.6 Å². The summed E-state index contributed by atoms with van der Waals surface area (Å²) in [7, 11) is 0. The fraction of sp³-hybridized carbons (Fsp3) is 0.770. The number of rotatable bonds is 12. The molecule has 2 aromatic rings. The number of carbonyl (C=O) groups is 3. The summed E-state index contributed by atoms with van der Waals surface area (Å²) < 4.78 is 37.2. The van der Waals surface area contributed by atoms with E-state index in [1.165, 1.54) is 36.8 Å². The van der Waals surface area contributed by atoms with Crippen LogP contribution >= 0.6 is 0 Å². The Kier molecular flexibility index (Phi) is 12.3. The molecule has 8 heterocycles. The molecule has 16 aliphatic rings. The van der Waals surface area contributed by atoms with Gasteiger partial charge in [-0.25, -0.2) is 4.79 Å². The highest BCUT2D eigenvalue weighted by Gasteiger charge is 2.99. The van der Waals surface area contributed by atoms with Gasteiger partial charge in [0, 0.05) is 41.3 Å². The molecule has 9 aliphatic carbocycles. The van der Waals surface area contributed by atoms with Crippen molar-refractivity contribution in [3.8, 4) is 0 Å². The summed E-state index contributed by atoms with van der Waals surface area (Å²) in [5.41, 5.74) is -4.20. The maximum absolute atomic E-state index is 17.5. The molecule has 1 aromatic carbocycles. The van der Waals surface area contributed by atoms with E-state index >= 15 is 14.4 Å². The Bertz CT molecular complexity index is 3200. The second-order valence-electron chi connectivity index (χ2n) is 33.2. The first-order valence-electron chi connectivity index (χ1n) is 35.4. The number of hydrogen-bond donors (Lipinski definition) is 4. The predicted molar refractivity (Wildman–Crippen MR) is 321 cm³/mol. The smallest absolute Gasteiger partial charge is 0.339 e. The molecule has 468 valence electrons. The fourth-order valence-electron chi connectivity index (χ4n) is 27.9. The summed E-state index contributed by atoms with van der Waals surface area (Å²) in [6.07, 6.45) is 26.7. The van der Waals surface area contributed by atoms with Crippen molar-refractivity contribution in [2.45, 2.75) is 216 Å². The molecule has 18 rings (SSSR count). The molecule has 5 spiro atoms. The summed E-state index contributed by atoms with van der Waals surface area (Å²) in [5.74, 6) is -0.201. The number of cyclic esters (lactones) is 2. The summed E-state index contributed by atoms with van der Waals surface area (Å²) >= 11 is 0. The number of esters is 2. The molecule has 7 aliphatic heterocycles. The van der Waals surface area contributed by atoms with E-state index in [1.807, 2.05) is 6.07 Å². The van der Waals surface area contributed by atoms with Crippen molar-refractivity contribution in [2.75, 3.05) is 26.4 Å². The number of hydrogen-bond acceptors (Lipinski definition) is 13. The SMILES string of the molecule is C[C@@H](C[C@H]1C=C2C[C@@H]3CCC4(CCCC4)[C@]34C[C@@H]3C[C@@]5(C)[C@H](c6ccoc6C[C@@H]([C@H]6CC[C@H]7[C@H](C=CN8CNC[C@H]78)C6)[C@H](O)CO)OC(=O)[C@H]6O[C@]65[C@]5([C@H]6CCC[C@@H](Cc7ccccc7)C6)[C@H](O)C(=O)[C@@H]6[C@@]1(C)O[C@]21[C@H]4C(=O)OC[C@@]61[C@@H]35)C1CCCC1. The van der Waals surface area contributed by atoms with Gasteiger partial charge in [0.05, 0.1) is 48.5 Å². The largest absolute Gasteiger partial charge is 0.469 e. The third-order valence-corrected chi connectivity index (χ3v) is 30.6. The van der Waals surface area contributed by atoms with Crippen molar-refractivity contribution in [1.29, 1.82) is 0 Å². The molecule has 9 saturated carbocycles. The molecule has 0 unspecified atom stereocenters. The first-order chi connectivity index (χ1) is 42.1. The zero-order valence-electron chi connectivity index (χ0n) is 51.9. The maximum atomic E-state index is 17.5. The quantitative estimate of drug-likeness (QED) is 0.0897. The lowest BCUT2D eigenvalue weighted by atomic mass is 9.29. The topological polar surface area (TPSA) is 181 Å². The van der Waals surface area contributed by atoms with Crippen LogP contribution in [-0.4, -0.2) is 106 Å². The van der Waals surface area contributed by atoms with Gasteiger partial charge in [0.15, 0.2) is 11.9 Å². The first kappa shape index (κ1) is 55.9. The van der Waals surface area contributed by atoms with E-state index in [0.29, 0.717) is 48.3 Å². The van der Waals surface area contributed by atoms with Crippen molar-refractivity contribution >= 4 is 17.7 Å². The van der Waals surface area contributed by atoms with E-state index in [1.54, 1.807) is 6.26 Å². The van der Waals surface area contributed by atoms with Gasteiger partial charge in [0.25, 0.3) is 0 Å². The Morgan fingerprint density at radius 3 is 2.48 bits per heavy atom. The first-order valence-corrected chi connectivity index (χ1v) is 35.4. The van der Waals surface area contributed by atoms with Gasteiger partial charge in [-0.1, -0.05) is 108 Å². The predicted octanol–water partition coefficient (Wildman–Crippen LogP) is 10.8. The number of epoxide rings is 1. The number of benzene rings is 1. The van der Waals surface area contributed by atoms with Gasteiger partial charge in [0.2, 0.25) is 0 Å². The number of nitrogens with one attached hydrogen (secondary N) is 1. The fourth-order valence-corrected chi connectivity index (χ4v) is 27.9. The van der Waals surface area contributed by atoms with Gasteiger partial charge >= 0.3 is 11.9 Å². The number of ether oxygens (including phenoxy) is 4. The Hall–Kier alpha value is -3.85. The van der Waals surface area contributed by atoms with Crippen molar-refractivity contribution < 1.29 is 53.1 Å². The zero-order chi connectivity index (χ0) is 59.0. The second kappa shape index (κ2) is 19.1. The van der Waals surface area contributed by atoms with E-state index in [2.05, 4.69) is 79.7 Å². The molecule has 13 nitrogen and oxygen atoms in total. The Balaban J connectivity index is 0.832. The van der Waals surface area contributed by atoms with Crippen molar-refractivity contribution in [3.05, 3.63) is 83.5 Å². The van der Waals surface area contributed by atoms with Gasteiger partial charge in [0.1, 0.15) is 35.8 Å². The Labute approximate surface area is 514 Å². The average molecular weight is 1190 g/mol. The van der Waals surface area contributed by atoms with Gasteiger partial charge in [-0.3, -0.25) is 14.9 Å². The average Bonchev–Trinajstić information content (AvgIpc) is 1.44. The third kappa shape index (κ3) is 6.77. The summed E-state index contributed by atoms with van der Waals surface area (Å²) in [6.45, 7) is 8.51. The van der Waals surface area contributed by atoms with E-state index in [0.717, 1.165) is 128 Å². The minimum absolute atomic E-state index is 0.0558. The van der Waals surface area contributed by atoms with E-state index in [-0.39, 0.29) is 71.8 Å². The lowest BCUT2D eigenvalue weighted by Gasteiger charge is -2.73. The second-order valence-corrected chi connectivity index (χ2v) is 33.2. The molecule has 0 radical (unpaired) electrons. The van der Waals surface area contributed by atoms with Crippen LogP contribution in [0.25, 0.3) is 0 Å². The molecular weight excluding hydrogens is 1090 g/mol. The Morgan fingerprint density at radius 1 is 0.839 bits per heavy atom. The number of nitrogens with zero attached hydrogens (tertiary/aromatic N) is 1. The lowest BCUT2D eigenvalue weighted by molar-refractivity contribution is -0.301. The number of fused-ring (bicyclic) bond motifs is 5. The summed E-state index contributed by atoms with van der Waals surface area (Å²) in [4.78, 5) is 51.9. The molecule has 14 fully saturated rings. The summed E-state index contributed by atoms with van der Waals surface area (Å²) in [5, 5.41) is 41.4. The summed E-state index contributed by atoms with van der Waals surface area (Å²) in [6, 6.07) is 13.2. The third-order valence-electron chi connectivity index (χ3n) is 30.6. The number of Topliss-reactive ketones (excluding diaryl/α,β-unsaturated/α-hetero) is 1. The number of aliphatic hydroxyl groups is 3. The van der Waals surface area contributed by atoms with Crippen LogP contribution in [0.4, 0.5) is 0 Å². The standard InChI is InChI=1S/C74H96N2O11/c1-41(44-15-7-8-16-44)28-50-33-51-32-48-20-25-69(23-9-10-24-69)70(48)36-47-35-67(2)63(53-22-27-83-57(53)34-54(56(78)38-77)45-18-19-52-46(31-45)21-26-76-40-75-37-55(52)76)85-66(82)64-74(67,86-64)72(49-17-11-14-43(30-49)29-42-12-5-4-6-13-42)59(47)71-39-84-65(81)61(70)73(51,71)87-68(50,3)60(71)58(79)62(72)80/h4-6,12-13,21-22,26-27,33,41,43-50,52,54-56,59-64,75,77-78,80H,7-11,14-20,23-25,28-32,34-40H2,1-3H3/t41-,43-,45-,46+,47-,48-,49-,50-,52-,54-,55+,56+,59+,60+,61-,62+,63-,64+,67-,68-,70+,71+,72-,73-,74+/m0/s1. The van der Waals surface area contributed by atoms with Crippen molar-refractivity contribution in [3.63, 3.8) is 0 Å². The molecule has 1 aromatic heterocycles. The van der Waals surface area contributed by atoms with Crippen LogP contribution in [0.15, 0.2) is 71.0 Å². The zero-order valence-corrected chi connectivity index (χ0v) is 51.9. The Morgan fingerprint density at radius 2 is 1.67 bits per heavy atom. The molecule has 0 amide bonds. The van der Waals surface area contributed by atoms with Crippen LogP contribution in [0.2, 0.25) is 0 Å². The number of aliphatic hydroxyl groups excluding tert-OH is 3. The minimum Gasteiger partial charge on any atom is -0.469 e. The number of ketones is 1. The monoisotopic (exact) mass is 1190 g/mol. The molecule has 5 saturated heterocycles. The van der Waals surface area contributed by atoms with Gasteiger partial charge in [-0.2, -0.15) is 0 Å². The van der Waals surface area contributed by atoms with Gasteiger partial charge < -0.3 is 43.6 Å². The van der Waals surface area contributed by atoms with Gasteiger partial charge in [-0.15, -0.1) is 0 Å². The lowest BCUT2D eigenvalue weighted by Crippen LogP contribution is -2.82. The number of allylic oxidation sites excluding steroid dienone is 1. The molecule has 25 atom stereocenters. The van der Waals surface area contributed by atoms with Gasteiger partial charge in [-0.05, 0) is 196 Å². The molecule has 5 bridgehead atoms. The van der Waals surface area contributed by atoms with E-state index in [4.69, 9.17) is 23.4 Å². The van der Waals surface area contributed by atoms with Crippen LogP contribution in [0.5, 0.6) is 0 Å². The number of furan rings is 1. The minimum atomic E-state index is -1.50. The van der Waals surface area contributed by atoms with Crippen LogP contribution in [0.1, 0.15) is 179 Å². The van der Waals surface area contributed by atoms with Crippen molar-refractivity contribution in [1.82, 2.24) is 10.2 Å². The number of carbonyl (C=O) groups excluding carboxylic acids is 3. The van der Waals surface area contributed by atoms with Crippen LogP contribution < -0.4 is 5.32 Å². The van der Waals surface area contributed by atoms with Crippen LogP contribution in [-0.2, 0) is 46.2 Å². The molecule has 87 heavy (non-hydrogen) atoms. The molecule has 4 N–H and O–H groups in total. The van der Waals surface area contributed by atoms with Crippen molar-refractivity contribution in [2.24, 2.45) is 110 Å². The maximum Gasteiger partial charge on any atom is 0.339 e. The highest BCUT2D eigenvalue weighted by atomic mass is 16.7.